The normalized spacial score (nSPS) is 11.3. The van der Waals surface area contributed by atoms with Crippen molar-refractivity contribution >= 4 is 0 Å². The van der Waals surface area contributed by atoms with Crippen LogP contribution in [-0.4, -0.2) is 9.78 Å². The van der Waals surface area contributed by atoms with E-state index in [2.05, 4.69) is 30.7 Å². The molecule has 13 heavy (non-hydrogen) atoms. The zero-order chi connectivity index (χ0) is 10.1. The maximum Gasteiger partial charge on any atom is 0.256 e. The lowest BCUT2D eigenvalue weighted by Crippen LogP contribution is -2.12. The molecule has 3 nitrogen and oxygen atoms in total. The maximum absolute atomic E-state index is 6.79. The van der Waals surface area contributed by atoms with E-state index < -0.39 is 0 Å². The molecule has 0 unspecified atom stereocenters. The molecule has 1 aromatic heterocycles. The van der Waals surface area contributed by atoms with Gasteiger partial charge in [0.05, 0.1) is 5.69 Å². The van der Waals surface area contributed by atoms with E-state index in [1.54, 1.807) is 4.68 Å². The fourth-order valence-corrected chi connectivity index (χ4v) is 1.10. The van der Waals surface area contributed by atoms with E-state index in [-0.39, 0.29) is 5.41 Å². The van der Waals surface area contributed by atoms with Gasteiger partial charge in [0.25, 0.3) is 6.54 Å². The molecule has 0 bridgehead atoms. The Balaban J connectivity index is 3.04. The predicted octanol–water partition coefficient (Wildman–Crippen LogP) is 2.14. The molecular formula is C10H15N3. The molecule has 0 spiro atoms. The van der Waals surface area contributed by atoms with E-state index in [1.807, 2.05) is 13.1 Å². The average molecular weight is 177 g/mol. The standard InChI is InChI=1S/C10H15N3/c1-10(2,3)9-6-8(7-11-4)13(5)12-9/h6H,7H2,1-3,5H3. The topological polar surface area (TPSA) is 22.2 Å². The van der Waals surface area contributed by atoms with Crippen LogP contribution < -0.4 is 0 Å². The average Bonchev–Trinajstić information content (AvgIpc) is 2.32. The lowest BCUT2D eigenvalue weighted by Gasteiger charge is -2.13. The summed E-state index contributed by atoms with van der Waals surface area (Å²) in [5.41, 5.74) is 2.10. The van der Waals surface area contributed by atoms with Gasteiger partial charge in [-0.05, 0) is 6.07 Å². The van der Waals surface area contributed by atoms with Crippen LogP contribution in [0.15, 0.2) is 6.07 Å². The molecule has 0 saturated heterocycles. The summed E-state index contributed by atoms with van der Waals surface area (Å²) in [4.78, 5) is 3.35. The predicted molar refractivity (Wildman–Crippen MR) is 52.2 cm³/mol. The summed E-state index contributed by atoms with van der Waals surface area (Å²) in [5, 5.41) is 4.37. The molecule has 0 aliphatic rings. The highest BCUT2D eigenvalue weighted by molar-refractivity contribution is 5.18. The lowest BCUT2D eigenvalue weighted by molar-refractivity contribution is 0.552. The zero-order valence-electron chi connectivity index (χ0n) is 8.63. The Labute approximate surface area is 79.2 Å². The fourth-order valence-electron chi connectivity index (χ4n) is 1.10. The Hall–Kier alpha value is -1.30. The second kappa shape index (κ2) is 3.21. The second-order valence-corrected chi connectivity index (χ2v) is 4.21. The zero-order valence-corrected chi connectivity index (χ0v) is 8.63. The number of aromatic nitrogens is 2. The van der Waals surface area contributed by atoms with E-state index in [9.17, 15) is 0 Å². The molecule has 0 radical (unpaired) electrons. The smallest absolute Gasteiger partial charge is 0.256 e. The van der Waals surface area contributed by atoms with E-state index >= 15 is 0 Å². The minimum Gasteiger partial charge on any atom is -0.310 e. The molecule has 1 heterocycles. The number of aryl methyl sites for hydroxylation is 1. The molecule has 0 aliphatic heterocycles. The van der Waals surface area contributed by atoms with Crippen LogP contribution in [0.25, 0.3) is 4.85 Å². The van der Waals surface area contributed by atoms with Crippen molar-refractivity contribution in [2.75, 3.05) is 0 Å². The van der Waals surface area contributed by atoms with Gasteiger partial charge in [0, 0.05) is 12.5 Å². The molecule has 0 amide bonds. The summed E-state index contributed by atoms with van der Waals surface area (Å²) >= 11 is 0. The van der Waals surface area contributed by atoms with Gasteiger partial charge in [-0.15, -0.1) is 0 Å². The van der Waals surface area contributed by atoms with Crippen LogP contribution in [0, 0.1) is 6.57 Å². The largest absolute Gasteiger partial charge is 0.310 e. The van der Waals surface area contributed by atoms with Gasteiger partial charge >= 0.3 is 0 Å². The molecular weight excluding hydrogens is 162 g/mol. The van der Waals surface area contributed by atoms with Crippen molar-refractivity contribution in [2.45, 2.75) is 32.7 Å². The Bertz CT molecular complexity index is 336. The van der Waals surface area contributed by atoms with Crippen molar-refractivity contribution in [1.29, 1.82) is 0 Å². The van der Waals surface area contributed by atoms with Crippen LogP contribution in [0.2, 0.25) is 0 Å². The van der Waals surface area contributed by atoms with Gasteiger partial charge < -0.3 is 4.85 Å². The molecule has 70 valence electrons. The second-order valence-electron chi connectivity index (χ2n) is 4.21. The Morgan fingerprint density at radius 3 is 2.54 bits per heavy atom. The highest BCUT2D eigenvalue weighted by Gasteiger charge is 2.19. The third-order valence-electron chi connectivity index (χ3n) is 1.99. The first-order valence-corrected chi connectivity index (χ1v) is 4.32. The lowest BCUT2D eigenvalue weighted by atomic mass is 9.92. The molecule has 1 rings (SSSR count). The summed E-state index contributed by atoms with van der Waals surface area (Å²) in [7, 11) is 1.88. The molecule has 0 N–H and O–H groups in total. The van der Waals surface area contributed by atoms with Gasteiger partial charge in [0.15, 0.2) is 0 Å². The highest BCUT2D eigenvalue weighted by atomic mass is 15.3. The number of hydrogen-bond donors (Lipinski definition) is 0. The van der Waals surface area contributed by atoms with Crippen molar-refractivity contribution in [1.82, 2.24) is 9.78 Å². The fraction of sp³-hybridized carbons (Fsp3) is 0.600. The van der Waals surface area contributed by atoms with Crippen molar-refractivity contribution < 1.29 is 0 Å². The van der Waals surface area contributed by atoms with E-state index in [1.165, 1.54) is 0 Å². The third kappa shape index (κ3) is 2.09. The van der Waals surface area contributed by atoms with Gasteiger partial charge in [-0.1, -0.05) is 20.8 Å². The first-order valence-electron chi connectivity index (χ1n) is 4.32. The molecule has 3 heteroatoms. The van der Waals surface area contributed by atoms with Crippen LogP contribution >= 0.6 is 0 Å². The summed E-state index contributed by atoms with van der Waals surface area (Å²) in [6.45, 7) is 13.6. The van der Waals surface area contributed by atoms with Crippen molar-refractivity contribution in [2.24, 2.45) is 7.05 Å². The minimum absolute atomic E-state index is 0.0675. The first kappa shape index (κ1) is 9.79. The quantitative estimate of drug-likeness (QED) is 0.602. The summed E-state index contributed by atoms with van der Waals surface area (Å²) < 4.78 is 1.79. The van der Waals surface area contributed by atoms with E-state index in [4.69, 9.17) is 6.57 Å². The van der Waals surface area contributed by atoms with Gasteiger partial charge in [-0.25, -0.2) is 6.57 Å². The Kier molecular flexibility index (Phi) is 2.42. The maximum atomic E-state index is 6.79. The minimum atomic E-state index is 0.0675. The third-order valence-corrected chi connectivity index (χ3v) is 1.99. The first-order chi connectivity index (χ1) is 5.95. The number of rotatable bonds is 1. The van der Waals surface area contributed by atoms with Crippen LogP contribution in [0.5, 0.6) is 0 Å². The summed E-state index contributed by atoms with van der Waals surface area (Å²) in [6.07, 6.45) is 0. The molecule has 0 atom stereocenters. The SMILES string of the molecule is [C-]#[N+]Cc1cc(C(C)(C)C)nn1C. The molecule has 1 aromatic rings. The molecule has 0 aromatic carbocycles. The van der Waals surface area contributed by atoms with Crippen molar-refractivity contribution in [3.05, 3.63) is 28.9 Å². The Morgan fingerprint density at radius 2 is 2.15 bits per heavy atom. The van der Waals surface area contributed by atoms with Crippen molar-refractivity contribution in [3.63, 3.8) is 0 Å². The number of hydrogen-bond acceptors (Lipinski definition) is 1. The van der Waals surface area contributed by atoms with Gasteiger partial charge in [0.2, 0.25) is 0 Å². The highest BCUT2D eigenvalue weighted by Crippen LogP contribution is 2.21. The van der Waals surface area contributed by atoms with Gasteiger partial charge in [0.1, 0.15) is 5.69 Å². The van der Waals surface area contributed by atoms with Gasteiger partial charge in [-0.2, -0.15) is 5.10 Å². The number of nitrogens with zero attached hydrogens (tertiary/aromatic N) is 3. The van der Waals surface area contributed by atoms with Gasteiger partial charge in [-0.3, -0.25) is 4.68 Å². The van der Waals surface area contributed by atoms with Crippen LogP contribution in [-0.2, 0) is 19.0 Å². The van der Waals surface area contributed by atoms with E-state index in [0.717, 1.165) is 11.4 Å². The van der Waals surface area contributed by atoms with Crippen LogP contribution in [0.3, 0.4) is 0 Å². The summed E-state index contributed by atoms with van der Waals surface area (Å²) in [6, 6.07) is 2.01. The monoisotopic (exact) mass is 177 g/mol. The Morgan fingerprint density at radius 1 is 1.54 bits per heavy atom. The molecule has 0 saturated carbocycles. The van der Waals surface area contributed by atoms with E-state index in [0.29, 0.717) is 6.54 Å². The van der Waals surface area contributed by atoms with Crippen LogP contribution in [0.1, 0.15) is 32.2 Å². The summed E-state index contributed by atoms with van der Waals surface area (Å²) in [5.74, 6) is 0. The van der Waals surface area contributed by atoms with Crippen molar-refractivity contribution in [3.8, 4) is 0 Å². The van der Waals surface area contributed by atoms with Crippen LogP contribution in [0.4, 0.5) is 0 Å². The molecule has 0 aliphatic carbocycles. The molecule has 0 fully saturated rings.